The van der Waals surface area contributed by atoms with Gasteiger partial charge in [-0.3, -0.25) is 9.36 Å². The fourth-order valence-corrected chi connectivity index (χ4v) is 0.795. The van der Waals surface area contributed by atoms with Crippen LogP contribution in [0.4, 0.5) is 0 Å². The Morgan fingerprint density at radius 2 is 2.31 bits per heavy atom. The molecule has 13 heavy (non-hydrogen) atoms. The molecule has 1 aromatic rings. The molecule has 5 nitrogen and oxygen atoms in total. The normalized spacial score (nSPS) is 9.69. The molecule has 0 aliphatic heterocycles. The van der Waals surface area contributed by atoms with Gasteiger partial charge in [0, 0.05) is 26.5 Å². The van der Waals surface area contributed by atoms with E-state index in [1.165, 1.54) is 21.9 Å². The molecular formula is C8H11N3O2. The number of rotatable bonds is 2. The van der Waals surface area contributed by atoms with Crippen molar-refractivity contribution in [3.05, 3.63) is 28.9 Å². The molecule has 0 unspecified atom stereocenters. The maximum Gasteiger partial charge on any atom is 0.347 e. The molecule has 1 amide bonds. The summed E-state index contributed by atoms with van der Waals surface area (Å²) in [5, 5.41) is 0. The molecule has 0 aromatic carbocycles. The Hall–Kier alpha value is -1.65. The highest BCUT2D eigenvalue weighted by Gasteiger charge is 2.05. The van der Waals surface area contributed by atoms with E-state index in [0.717, 1.165) is 0 Å². The van der Waals surface area contributed by atoms with Crippen molar-refractivity contribution in [2.24, 2.45) is 0 Å². The highest BCUT2D eigenvalue weighted by atomic mass is 16.2. The predicted molar refractivity (Wildman–Crippen MR) is 47.2 cm³/mol. The molecule has 0 aliphatic carbocycles. The van der Waals surface area contributed by atoms with E-state index in [1.807, 2.05) is 0 Å². The number of carbonyl (C=O) groups excluding carboxylic acids is 1. The van der Waals surface area contributed by atoms with Gasteiger partial charge in [-0.05, 0) is 6.07 Å². The zero-order chi connectivity index (χ0) is 9.84. The van der Waals surface area contributed by atoms with Crippen molar-refractivity contribution in [1.29, 1.82) is 0 Å². The van der Waals surface area contributed by atoms with Gasteiger partial charge in [0.2, 0.25) is 5.91 Å². The van der Waals surface area contributed by atoms with Gasteiger partial charge < -0.3 is 4.90 Å². The number of hydrogen-bond acceptors (Lipinski definition) is 3. The quantitative estimate of drug-likeness (QED) is 0.608. The van der Waals surface area contributed by atoms with E-state index in [0.29, 0.717) is 0 Å². The summed E-state index contributed by atoms with van der Waals surface area (Å²) in [5.41, 5.74) is -0.405. The zero-order valence-corrected chi connectivity index (χ0v) is 7.60. The monoisotopic (exact) mass is 181 g/mol. The van der Waals surface area contributed by atoms with Gasteiger partial charge >= 0.3 is 5.69 Å². The lowest BCUT2D eigenvalue weighted by atomic mass is 10.5. The van der Waals surface area contributed by atoms with Crippen LogP contribution in [0.15, 0.2) is 23.3 Å². The molecule has 0 spiro atoms. The Kier molecular flexibility index (Phi) is 2.79. The minimum absolute atomic E-state index is 0.0413. The summed E-state index contributed by atoms with van der Waals surface area (Å²) in [7, 11) is 3.29. The molecule has 0 saturated heterocycles. The van der Waals surface area contributed by atoms with Crippen LogP contribution in [0, 0.1) is 0 Å². The fourth-order valence-electron chi connectivity index (χ4n) is 0.795. The molecule has 5 heteroatoms. The van der Waals surface area contributed by atoms with Crippen molar-refractivity contribution in [1.82, 2.24) is 14.5 Å². The molecule has 1 heterocycles. The van der Waals surface area contributed by atoms with Gasteiger partial charge in [0.05, 0.1) is 0 Å². The Morgan fingerprint density at radius 1 is 1.62 bits per heavy atom. The first-order valence-corrected chi connectivity index (χ1v) is 3.83. The fraction of sp³-hybridized carbons (Fsp3) is 0.375. The summed E-state index contributed by atoms with van der Waals surface area (Å²) in [4.78, 5) is 27.2. The molecule has 0 N–H and O–H groups in total. The lowest BCUT2D eigenvalue weighted by molar-refractivity contribution is -0.129. The Balaban J connectivity index is 2.81. The second-order valence-electron chi connectivity index (χ2n) is 2.82. The Labute approximate surface area is 75.6 Å². The highest BCUT2D eigenvalue weighted by molar-refractivity contribution is 5.75. The van der Waals surface area contributed by atoms with Crippen LogP contribution in [-0.4, -0.2) is 34.5 Å². The van der Waals surface area contributed by atoms with Crippen molar-refractivity contribution in [2.75, 3.05) is 14.1 Å². The maximum atomic E-state index is 11.2. The number of nitrogens with zero attached hydrogens (tertiary/aromatic N) is 3. The Morgan fingerprint density at radius 3 is 2.85 bits per heavy atom. The number of carbonyl (C=O) groups is 1. The van der Waals surface area contributed by atoms with Crippen LogP contribution in [-0.2, 0) is 11.3 Å². The molecule has 70 valence electrons. The first-order valence-electron chi connectivity index (χ1n) is 3.83. The van der Waals surface area contributed by atoms with E-state index in [4.69, 9.17) is 0 Å². The van der Waals surface area contributed by atoms with Gasteiger partial charge in [0.15, 0.2) is 0 Å². The first kappa shape index (κ1) is 9.44. The number of likely N-dealkylation sites (N-methyl/N-ethyl adjacent to an activating group) is 1. The van der Waals surface area contributed by atoms with E-state index >= 15 is 0 Å². The van der Waals surface area contributed by atoms with Crippen molar-refractivity contribution >= 4 is 5.91 Å². The summed E-state index contributed by atoms with van der Waals surface area (Å²) in [6, 6.07) is 1.62. The summed E-state index contributed by atoms with van der Waals surface area (Å²) >= 11 is 0. The molecular weight excluding hydrogens is 170 g/mol. The molecule has 0 fully saturated rings. The van der Waals surface area contributed by atoms with Gasteiger partial charge in [-0.2, -0.15) is 0 Å². The molecule has 0 saturated carbocycles. The van der Waals surface area contributed by atoms with E-state index in [1.54, 1.807) is 20.2 Å². The molecule has 0 bridgehead atoms. The van der Waals surface area contributed by atoms with E-state index < -0.39 is 5.69 Å². The van der Waals surface area contributed by atoms with Crippen molar-refractivity contribution < 1.29 is 4.79 Å². The minimum Gasteiger partial charge on any atom is -0.347 e. The molecule has 0 atom stereocenters. The van der Waals surface area contributed by atoms with Crippen LogP contribution in [0.3, 0.4) is 0 Å². The topological polar surface area (TPSA) is 55.2 Å². The second kappa shape index (κ2) is 3.84. The average molecular weight is 181 g/mol. The molecule has 0 aliphatic rings. The van der Waals surface area contributed by atoms with Crippen LogP contribution in [0.25, 0.3) is 0 Å². The van der Waals surface area contributed by atoms with Gasteiger partial charge in [-0.25, -0.2) is 9.78 Å². The van der Waals surface area contributed by atoms with Crippen molar-refractivity contribution in [2.45, 2.75) is 6.54 Å². The third-order valence-electron chi connectivity index (χ3n) is 1.59. The van der Waals surface area contributed by atoms with Crippen molar-refractivity contribution in [3.8, 4) is 0 Å². The third-order valence-corrected chi connectivity index (χ3v) is 1.59. The third kappa shape index (κ3) is 2.40. The zero-order valence-electron chi connectivity index (χ0n) is 7.60. The maximum absolute atomic E-state index is 11.2. The highest BCUT2D eigenvalue weighted by Crippen LogP contribution is 1.84. The van der Waals surface area contributed by atoms with Gasteiger partial charge in [-0.1, -0.05) is 0 Å². The smallest absolute Gasteiger partial charge is 0.347 e. The number of aromatic nitrogens is 2. The number of hydrogen-bond donors (Lipinski definition) is 0. The summed E-state index contributed by atoms with van der Waals surface area (Å²) in [6.45, 7) is 0.0413. The van der Waals surface area contributed by atoms with Crippen LogP contribution in [0.1, 0.15) is 0 Å². The molecule has 1 rings (SSSR count). The second-order valence-corrected chi connectivity index (χ2v) is 2.82. The van der Waals surface area contributed by atoms with Crippen molar-refractivity contribution in [3.63, 3.8) is 0 Å². The predicted octanol–water partition coefficient (Wildman–Crippen LogP) is -0.669. The lowest BCUT2D eigenvalue weighted by Crippen LogP contribution is -2.32. The standard InChI is InChI=1S/C8H11N3O2/c1-10(2)7(12)6-11-5-3-4-9-8(11)13/h3-5H,6H2,1-2H3. The van der Waals surface area contributed by atoms with Gasteiger partial charge in [0.1, 0.15) is 6.54 Å². The first-order chi connectivity index (χ1) is 6.11. The summed E-state index contributed by atoms with van der Waals surface area (Å²) < 4.78 is 1.27. The van der Waals surface area contributed by atoms with Gasteiger partial charge in [0.25, 0.3) is 0 Å². The number of amides is 1. The molecule has 1 aromatic heterocycles. The summed E-state index contributed by atoms with van der Waals surface area (Å²) in [6.07, 6.45) is 2.94. The van der Waals surface area contributed by atoms with E-state index in [9.17, 15) is 9.59 Å². The van der Waals surface area contributed by atoms with Crippen LogP contribution >= 0.6 is 0 Å². The largest absolute Gasteiger partial charge is 0.347 e. The van der Waals surface area contributed by atoms with Crippen LogP contribution < -0.4 is 5.69 Å². The minimum atomic E-state index is -0.405. The van der Waals surface area contributed by atoms with Crippen LogP contribution in [0.2, 0.25) is 0 Å². The SMILES string of the molecule is CN(C)C(=O)Cn1cccnc1=O. The Bertz CT molecular complexity index is 356. The van der Waals surface area contributed by atoms with Crippen LogP contribution in [0.5, 0.6) is 0 Å². The average Bonchev–Trinajstić information content (AvgIpc) is 2.08. The van der Waals surface area contributed by atoms with E-state index in [-0.39, 0.29) is 12.5 Å². The van der Waals surface area contributed by atoms with E-state index in [2.05, 4.69) is 4.98 Å². The molecule has 0 radical (unpaired) electrons. The summed E-state index contributed by atoms with van der Waals surface area (Å²) in [5.74, 6) is -0.130. The van der Waals surface area contributed by atoms with Gasteiger partial charge in [-0.15, -0.1) is 0 Å². The lowest BCUT2D eigenvalue weighted by Gasteiger charge is -2.10.